The maximum Gasteiger partial charge on any atom is 0.244 e. The second kappa shape index (κ2) is 5.93. The van der Waals surface area contributed by atoms with Gasteiger partial charge >= 0.3 is 0 Å². The lowest BCUT2D eigenvalue weighted by Crippen LogP contribution is -2.36. The molecule has 1 N–H and O–H groups in total. The van der Waals surface area contributed by atoms with Gasteiger partial charge in [0.25, 0.3) is 0 Å². The van der Waals surface area contributed by atoms with Crippen LogP contribution in [-0.2, 0) is 9.59 Å². The number of thioether (sulfide) groups is 1. The molecule has 2 amide bonds. The molecule has 94 valence electrons. The summed E-state index contributed by atoms with van der Waals surface area (Å²) in [5.41, 5.74) is 0.548. The molecule has 1 aromatic rings. The van der Waals surface area contributed by atoms with Crippen molar-refractivity contribution in [2.45, 2.75) is 0 Å². The average Bonchev–Trinajstić information content (AvgIpc) is 2.35. The summed E-state index contributed by atoms with van der Waals surface area (Å²) in [7, 11) is 0. The van der Waals surface area contributed by atoms with E-state index in [9.17, 15) is 9.59 Å². The van der Waals surface area contributed by atoms with Crippen LogP contribution in [0.2, 0.25) is 5.02 Å². The highest BCUT2D eigenvalue weighted by atomic mass is 35.5. The first kappa shape index (κ1) is 13.0. The Morgan fingerprint density at radius 3 is 2.94 bits per heavy atom. The molecule has 1 aliphatic rings. The van der Waals surface area contributed by atoms with Crippen molar-refractivity contribution in [3.8, 4) is 0 Å². The number of nitrogens with zero attached hydrogens (tertiary/aromatic N) is 1. The molecule has 0 unspecified atom stereocenters. The molecule has 1 aliphatic heterocycles. The standard InChI is InChI=1S/C12H11ClN2O2S/c13-9-3-1-2-4-10(9)14-11(16)7-15-5-6-18-8-12(15)17/h1-6H,7-8H2,(H,14,16). The largest absolute Gasteiger partial charge is 0.323 e. The summed E-state index contributed by atoms with van der Waals surface area (Å²) in [6.45, 7) is 0.00111. The smallest absolute Gasteiger partial charge is 0.244 e. The summed E-state index contributed by atoms with van der Waals surface area (Å²) < 4.78 is 0. The fourth-order valence-corrected chi connectivity index (χ4v) is 2.27. The lowest BCUT2D eigenvalue weighted by atomic mass is 10.3. The number of anilines is 1. The van der Waals surface area contributed by atoms with E-state index in [0.29, 0.717) is 16.5 Å². The topological polar surface area (TPSA) is 49.4 Å². The quantitative estimate of drug-likeness (QED) is 0.926. The summed E-state index contributed by atoms with van der Waals surface area (Å²) in [6.07, 6.45) is 1.61. The highest BCUT2D eigenvalue weighted by Gasteiger charge is 2.17. The predicted octanol–water partition coefficient (Wildman–Crippen LogP) is 2.33. The fourth-order valence-electron chi connectivity index (χ4n) is 1.45. The molecular weight excluding hydrogens is 272 g/mol. The van der Waals surface area contributed by atoms with Gasteiger partial charge in [-0.25, -0.2) is 0 Å². The molecule has 0 saturated carbocycles. The summed E-state index contributed by atoms with van der Waals surface area (Å²) >= 11 is 7.34. The first-order valence-electron chi connectivity index (χ1n) is 5.29. The molecule has 4 nitrogen and oxygen atoms in total. The molecule has 18 heavy (non-hydrogen) atoms. The summed E-state index contributed by atoms with van der Waals surface area (Å²) in [5, 5.41) is 4.94. The van der Waals surface area contributed by atoms with E-state index in [1.165, 1.54) is 16.7 Å². The van der Waals surface area contributed by atoms with Crippen LogP contribution in [0.25, 0.3) is 0 Å². The molecule has 1 aromatic carbocycles. The number of carbonyl (C=O) groups is 2. The van der Waals surface area contributed by atoms with Crippen molar-refractivity contribution in [3.05, 3.63) is 40.9 Å². The van der Waals surface area contributed by atoms with Gasteiger partial charge in [0.15, 0.2) is 0 Å². The van der Waals surface area contributed by atoms with E-state index in [0.717, 1.165) is 0 Å². The number of halogens is 1. The van der Waals surface area contributed by atoms with E-state index in [1.54, 1.807) is 35.9 Å². The van der Waals surface area contributed by atoms with Gasteiger partial charge in [-0.15, -0.1) is 11.8 Å². The van der Waals surface area contributed by atoms with E-state index in [-0.39, 0.29) is 18.4 Å². The van der Waals surface area contributed by atoms with Crippen molar-refractivity contribution in [1.82, 2.24) is 4.90 Å². The van der Waals surface area contributed by atoms with Crippen LogP contribution in [0.15, 0.2) is 35.9 Å². The summed E-state index contributed by atoms with van der Waals surface area (Å²) in [6, 6.07) is 6.97. The second-order valence-corrected chi connectivity index (χ2v) is 4.95. The molecule has 0 aromatic heterocycles. The molecule has 2 rings (SSSR count). The summed E-state index contributed by atoms with van der Waals surface area (Å²) in [4.78, 5) is 24.7. The number of carbonyl (C=O) groups excluding carboxylic acids is 2. The van der Waals surface area contributed by atoms with Crippen LogP contribution in [0, 0.1) is 0 Å². The van der Waals surface area contributed by atoms with Gasteiger partial charge in [0, 0.05) is 6.20 Å². The minimum Gasteiger partial charge on any atom is -0.323 e. The van der Waals surface area contributed by atoms with Crippen molar-refractivity contribution in [2.75, 3.05) is 17.6 Å². The first-order chi connectivity index (χ1) is 8.66. The monoisotopic (exact) mass is 282 g/mol. The van der Waals surface area contributed by atoms with Crippen LogP contribution in [-0.4, -0.2) is 29.0 Å². The fraction of sp³-hybridized carbons (Fsp3) is 0.167. The third-order valence-electron chi connectivity index (χ3n) is 2.33. The van der Waals surface area contributed by atoms with Gasteiger partial charge in [-0.05, 0) is 17.5 Å². The van der Waals surface area contributed by atoms with Gasteiger partial charge in [-0.1, -0.05) is 23.7 Å². The Kier molecular flexibility index (Phi) is 4.28. The number of para-hydroxylation sites is 1. The third kappa shape index (κ3) is 3.27. The predicted molar refractivity (Wildman–Crippen MR) is 73.4 cm³/mol. The Morgan fingerprint density at radius 2 is 2.22 bits per heavy atom. The summed E-state index contributed by atoms with van der Waals surface area (Å²) in [5.74, 6) is 0.0281. The number of hydrogen-bond acceptors (Lipinski definition) is 3. The van der Waals surface area contributed by atoms with E-state index in [2.05, 4.69) is 5.32 Å². The van der Waals surface area contributed by atoms with Gasteiger partial charge in [0.1, 0.15) is 6.54 Å². The number of nitrogens with one attached hydrogen (secondary N) is 1. The van der Waals surface area contributed by atoms with Gasteiger partial charge in [0.05, 0.1) is 16.5 Å². The van der Waals surface area contributed by atoms with E-state index in [4.69, 9.17) is 11.6 Å². The van der Waals surface area contributed by atoms with Crippen LogP contribution < -0.4 is 5.32 Å². The Labute approximate surface area is 114 Å². The lowest BCUT2D eigenvalue weighted by molar-refractivity contribution is -0.129. The van der Waals surface area contributed by atoms with Gasteiger partial charge in [0.2, 0.25) is 11.8 Å². The molecule has 0 spiro atoms. The zero-order chi connectivity index (χ0) is 13.0. The lowest BCUT2D eigenvalue weighted by Gasteiger charge is -2.20. The van der Waals surface area contributed by atoms with Gasteiger partial charge in [-0.2, -0.15) is 0 Å². The van der Waals surface area contributed by atoms with Crippen molar-refractivity contribution in [1.29, 1.82) is 0 Å². The highest BCUT2D eigenvalue weighted by Crippen LogP contribution is 2.20. The zero-order valence-electron chi connectivity index (χ0n) is 9.43. The molecule has 0 aliphatic carbocycles. The van der Waals surface area contributed by atoms with Crippen LogP contribution >= 0.6 is 23.4 Å². The molecule has 6 heteroatoms. The van der Waals surface area contributed by atoms with Crippen LogP contribution in [0.3, 0.4) is 0 Å². The Balaban J connectivity index is 1.97. The molecule has 0 saturated heterocycles. The Hall–Kier alpha value is -1.46. The minimum absolute atomic E-state index is 0.00111. The van der Waals surface area contributed by atoms with E-state index < -0.39 is 0 Å². The Morgan fingerprint density at radius 1 is 1.44 bits per heavy atom. The van der Waals surface area contributed by atoms with Crippen LogP contribution in [0.5, 0.6) is 0 Å². The van der Waals surface area contributed by atoms with Crippen molar-refractivity contribution >= 4 is 40.9 Å². The minimum atomic E-state index is -0.270. The normalized spacial score (nSPS) is 14.7. The number of amides is 2. The van der Waals surface area contributed by atoms with Crippen molar-refractivity contribution in [3.63, 3.8) is 0 Å². The molecule has 1 heterocycles. The van der Waals surface area contributed by atoms with Gasteiger partial charge < -0.3 is 10.2 Å². The number of benzene rings is 1. The second-order valence-electron chi connectivity index (χ2n) is 3.65. The number of rotatable bonds is 3. The van der Waals surface area contributed by atoms with Crippen LogP contribution in [0.4, 0.5) is 5.69 Å². The van der Waals surface area contributed by atoms with E-state index >= 15 is 0 Å². The zero-order valence-corrected chi connectivity index (χ0v) is 11.0. The van der Waals surface area contributed by atoms with E-state index in [1.807, 2.05) is 0 Å². The molecular formula is C12H11ClN2O2S. The average molecular weight is 283 g/mol. The van der Waals surface area contributed by atoms with Crippen molar-refractivity contribution < 1.29 is 9.59 Å². The molecule has 0 bridgehead atoms. The molecule has 0 atom stereocenters. The SMILES string of the molecule is O=C(CN1C=CSCC1=O)Nc1ccccc1Cl. The Bertz CT molecular complexity index is 505. The maximum absolute atomic E-state index is 11.8. The number of hydrogen-bond donors (Lipinski definition) is 1. The maximum atomic E-state index is 11.8. The molecule has 0 fully saturated rings. The molecule has 0 radical (unpaired) electrons. The van der Waals surface area contributed by atoms with Crippen molar-refractivity contribution in [2.24, 2.45) is 0 Å². The third-order valence-corrected chi connectivity index (χ3v) is 3.38. The first-order valence-corrected chi connectivity index (χ1v) is 6.71. The van der Waals surface area contributed by atoms with Crippen LogP contribution in [0.1, 0.15) is 0 Å². The van der Waals surface area contributed by atoms with Gasteiger partial charge in [-0.3, -0.25) is 9.59 Å². The highest BCUT2D eigenvalue weighted by molar-refractivity contribution is 8.02.